The molecule has 3 aromatic rings. The summed E-state index contributed by atoms with van der Waals surface area (Å²) in [6, 6.07) is 12.3. The van der Waals surface area contributed by atoms with Gasteiger partial charge in [0.2, 0.25) is 5.95 Å². The molecule has 2 aromatic carbocycles. The Morgan fingerprint density at radius 3 is 2.00 bits per heavy atom. The van der Waals surface area contributed by atoms with Gasteiger partial charge in [0.1, 0.15) is 16.9 Å². The highest BCUT2D eigenvalue weighted by Gasteiger charge is 2.25. The van der Waals surface area contributed by atoms with Gasteiger partial charge in [-0.3, -0.25) is 9.80 Å². The van der Waals surface area contributed by atoms with Crippen molar-refractivity contribution in [3.05, 3.63) is 85.4 Å². The first-order chi connectivity index (χ1) is 20.1. The van der Waals surface area contributed by atoms with E-state index in [4.69, 9.17) is 9.47 Å². The molecule has 0 aliphatic heterocycles. The molecule has 0 saturated heterocycles. The molecule has 2 amide bonds. The summed E-state index contributed by atoms with van der Waals surface area (Å²) in [4.78, 5) is 37.3. The summed E-state index contributed by atoms with van der Waals surface area (Å²) >= 11 is 0. The number of anilines is 4. The summed E-state index contributed by atoms with van der Waals surface area (Å²) in [5.74, 6) is -0.491. The van der Waals surface area contributed by atoms with Crippen LogP contribution in [0.25, 0.3) is 11.3 Å². The smallest absolute Gasteiger partial charge is 0.415 e. The Bertz CT molecular complexity index is 1490. The lowest BCUT2D eigenvalue weighted by Crippen LogP contribution is -2.37. The van der Waals surface area contributed by atoms with Crippen molar-refractivity contribution >= 4 is 35.2 Å². The van der Waals surface area contributed by atoms with Crippen molar-refractivity contribution < 1.29 is 23.5 Å². The molecule has 1 heterocycles. The van der Waals surface area contributed by atoms with Gasteiger partial charge in [-0.15, -0.1) is 13.2 Å². The molecule has 0 atom stereocenters. The van der Waals surface area contributed by atoms with Crippen LogP contribution in [0.5, 0.6) is 0 Å². The molecule has 0 saturated carbocycles. The maximum Gasteiger partial charge on any atom is 0.415 e. The van der Waals surface area contributed by atoms with Gasteiger partial charge in [-0.1, -0.05) is 24.3 Å². The zero-order chi connectivity index (χ0) is 31.9. The van der Waals surface area contributed by atoms with Crippen LogP contribution in [0.1, 0.15) is 47.1 Å². The van der Waals surface area contributed by atoms with Crippen LogP contribution in [-0.2, 0) is 9.47 Å². The van der Waals surface area contributed by atoms with E-state index in [0.29, 0.717) is 22.6 Å². The first kappa shape index (κ1) is 32.8. The molecule has 10 heteroatoms. The van der Waals surface area contributed by atoms with E-state index in [1.54, 1.807) is 96.2 Å². The number of halogens is 1. The van der Waals surface area contributed by atoms with Crippen LogP contribution in [0.3, 0.4) is 0 Å². The van der Waals surface area contributed by atoms with E-state index in [1.165, 1.54) is 9.80 Å². The van der Waals surface area contributed by atoms with Gasteiger partial charge in [-0.2, -0.15) is 0 Å². The predicted octanol–water partition coefficient (Wildman–Crippen LogP) is 8.19. The quantitative estimate of drug-likeness (QED) is 0.251. The van der Waals surface area contributed by atoms with E-state index in [1.807, 2.05) is 6.92 Å². The Hall–Kier alpha value is -4.73. The van der Waals surface area contributed by atoms with E-state index in [0.717, 1.165) is 11.8 Å². The van der Waals surface area contributed by atoms with Crippen molar-refractivity contribution in [1.82, 2.24) is 9.97 Å². The maximum atomic E-state index is 15.2. The third kappa shape index (κ3) is 9.13. The van der Waals surface area contributed by atoms with Crippen LogP contribution in [0, 0.1) is 12.7 Å². The van der Waals surface area contributed by atoms with Crippen molar-refractivity contribution in [2.75, 3.05) is 28.2 Å². The number of aryl methyl sites for hydroxylation is 1. The third-order valence-electron chi connectivity index (χ3n) is 5.80. The molecular formula is C33H40FN5O4. The molecule has 0 fully saturated rings. The monoisotopic (exact) mass is 589 g/mol. The molecular weight excluding hydrogens is 549 g/mol. The van der Waals surface area contributed by atoms with Crippen LogP contribution in [0.2, 0.25) is 0 Å². The Labute approximate surface area is 253 Å². The number of amides is 2. The normalized spacial score (nSPS) is 11.3. The Morgan fingerprint density at radius 2 is 1.47 bits per heavy atom. The largest absolute Gasteiger partial charge is 0.443 e. The van der Waals surface area contributed by atoms with E-state index in [-0.39, 0.29) is 24.7 Å². The lowest BCUT2D eigenvalue weighted by molar-refractivity contribution is 0.0573. The highest BCUT2D eigenvalue weighted by atomic mass is 19.1. The Balaban J connectivity index is 1.96. The molecule has 0 spiro atoms. The van der Waals surface area contributed by atoms with Crippen molar-refractivity contribution in [3.8, 4) is 11.3 Å². The minimum absolute atomic E-state index is 0.0535. The van der Waals surface area contributed by atoms with Gasteiger partial charge in [0.05, 0.1) is 6.20 Å². The summed E-state index contributed by atoms with van der Waals surface area (Å²) in [6.07, 6.45) is 3.21. The van der Waals surface area contributed by atoms with Gasteiger partial charge in [-0.25, -0.2) is 23.9 Å². The highest BCUT2D eigenvalue weighted by molar-refractivity contribution is 5.90. The molecule has 0 unspecified atom stereocenters. The van der Waals surface area contributed by atoms with Gasteiger partial charge in [-0.05, 0) is 84.4 Å². The van der Waals surface area contributed by atoms with Crippen molar-refractivity contribution in [3.63, 3.8) is 0 Å². The zero-order valence-electron chi connectivity index (χ0n) is 25.9. The number of carbonyl (C=O) groups excluding carboxylic acids is 2. The predicted molar refractivity (Wildman–Crippen MR) is 169 cm³/mol. The van der Waals surface area contributed by atoms with Gasteiger partial charge in [0, 0.05) is 35.7 Å². The standard InChI is InChI=1S/C33H40FN5O4/c1-10-17-38(30(40)42-32(4,5)6)24-14-12-13-23(19-24)36-29-35-21-27(34)28(37-29)26-20-25(16-15-22(26)3)39(18-11-2)31(41)43-33(7,8)9/h10-16,19-21H,1-2,17-18H2,3-9H3,(H,35,36,37). The molecule has 228 valence electrons. The maximum absolute atomic E-state index is 15.2. The topological polar surface area (TPSA) is 96.9 Å². The minimum Gasteiger partial charge on any atom is -0.443 e. The van der Waals surface area contributed by atoms with Gasteiger partial charge in [0.25, 0.3) is 0 Å². The summed E-state index contributed by atoms with van der Waals surface area (Å²) in [7, 11) is 0. The molecule has 0 bridgehead atoms. The average molecular weight is 590 g/mol. The van der Waals surface area contributed by atoms with E-state index >= 15 is 4.39 Å². The van der Waals surface area contributed by atoms with Crippen LogP contribution in [0.4, 0.5) is 37.0 Å². The third-order valence-corrected chi connectivity index (χ3v) is 5.80. The van der Waals surface area contributed by atoms with E-state index in [2.05, 4.69) is 28.4 Å². The summed E-state index contributed by atoms with van der Waals surface area (Å²) in [5.41, 5.74) is 1.54. The number of hydrogen-bond donors (Lipinski definition) is 1. The molecule has 1 N–H and O–H groups in total. The van der Waals surface area contributed by atoms with Crippen LogP contribution < -0.4 is 15.1 Å². The molecule has 9 nitrogen and oxygen atoms in total. The second-order valence-corrected chi connectivity index (χ2v) is 11.8. The zero-order valence-corrected chi connectivity index (χ0v) is 25.9. The fourth-order valence-corrected chi connectivity index (χ4v) is 3.99. The van der Waals surface area contributed by atoms with Crippen LogP contribution >= 0.6 is 0 Å². The molecule has 0 radical (unpaired) electrons. The number of carbonyl (C=O) groups is 2. The van der Waals surface area contributed by atoms with Gasteiger partial charge < -0.3 is 14.8 Å². The highest BCUT2D eigenvalue weighted by Crippen LogP contribution is 2.31. The van der Waals surface area contributed by atoms with Gasteiger partial charge in [0.15, 0.2) is 5.82 Å². The molecule has 1 aromatic heterocycles. The Morgan fingerprint density at radius 1 is 0.907 bits per heavy atom. The summed E-state index contributed by atoms with van der Waals surface area (Å²) in [6.45, 7) is 20.5. The van der Waals surface area contributed by atoms with Crippen molar-refractivity contribution in [2.24, 2.45) is 0 Å². The lowest BCUT2D eigenvalue weighted by Gasteiger charge is -2.27. The minimum atomic E-state index is -0.698. The number of hydrogen-bond acceptors (Lipinski definition) is 7. The second-order valence-electron chi connectivity index (χ2n) is 11.8. The number of nitrogens with one attached hydrogen (secondary N) is 1. The number of benzene rings is 2. The molecule has 43 heavy (non-hydrogen) atoms. The second kappa shape index (κ2) is 13.5. The molecule has 3 rings (SSSR count). The van der Waals surface area contributed by atoms with Crippen molar-refractivity contribution in [1.29, 1.82) is 0 Å². The first-order valence-electron chi connectivity index (χ1n) is 13.9. The summed E-state index contributed by atoms with van der Waals surface area (Å²) < 4.78 is 26.3. The number of ether oxygens (including phenoxy) is 2. The fourth-order valence-electron chi connectivity index (χ4n) is 3.99. The number of aromatic nitrogens is 2. The van der Waals surface area contributed by atoms with Crippen LogP contribution in [0.15, 0.2) is 74.0 Å². The number of nitrogens with zero attached hydrogens (tertiary/aromatic N) is 4. The Kier molecular flexibility index (Phi) is 10.3. The average Bonchev–Trinajstić information content (AvgIpc) is 2.90. The van der Waals surface area contributed by atoms with Crippen molar-refractivity contribution in [2.45, 2.75) is 59.7 Å². The van der Waals surface area contributed by atoms with Crippen LogP contribution in [-0.4, -0.2) is 46.4 Å². The van der Waals surface area contributed by atoms with E-state index in [9.17, 15) is 9.59 Å². The summed E-state index contributed by atoms with van der Waals surface area (Å²) in [5, 5.41) is 3.10. The SMILES string of the molecule is C=CCN(C(=O)OC(C)(C)C)c1cccc(Nc2ncc(F)c(-c3cc(N(CC=C)C(=O)OC(C)(C)C)ccc3C)n2)c1. The molecule has 0 aliphatic carbocycles. The lowest BCUT2D eigenvalue weighted by atomic mass is 10.0. The van der Waals surface area contributed by atoms with Gasteiger partial charge >= 0.3 is 12.2 Å². The molecule has 0 aliphatic rings. The first-order valence-corrected chi connectivity index (χ1v) is 13.9. The van der Waals surface area contributed by atoms with E-state index < -0.39 is 29.2 Å². The fraction of sp³-hybridized carbons (Fsp3) is 0.333. The number of rotatable bonds is 9.